The van der Waals surface area contributed by atoms with Gasteiger partial charge >= 0.3 is 0 Å². The van der Waals surface area contributed by atoms with Crippen molar-refractivity contribution in [3.63, 3.8) is 0 Å². The lowest BCUT2D eigenvalue weighted by molar-refractivity contribution is -0.135. The molecule has 3 N–H and O–H groups in total. The number of hydrogen-bond acceptors (Lipinski definition) is 4. The number of rotatable bonds is 3. The molecule has 1 saturated heterocycles. The molecular formula is C14H20FN3O2. The minimum atomic E-state index is -0.469. The first-order chi connectivity index (χ1) is 9.52. The summed E-state index contributed by atoms with van der Waals surface area (Å²) in [5, 5.41) is 8.87. The van der Waals surface area contributed by atoms with E-state index < -0.39 is 6.61 Å². The number of nitrogens with two attached hydrogens (primary N) is 1. The van der Waals surface area contributed by atoms with Gasteiger partial charge in [-0.25, -0.2) is 4.39 Å². The molecule has 0 aromatic heterocycles. The van der Waals surface area contributed by atoms with Gasteiger partial charge in [0.15, 0.2) is 0 Å². The van der Waals surface area contributed by atoms with Crippen molar-refractivity contribution in [3.05, 3.63) is 24.0 Å². The summed E-state index contributed by atoms with van der Waals surface area (Å²) in [6.45, 7) is 0.881. The molecule has 0 spiro atoms. The third-order valence-electron chi connectivity index (χ3n) is 3.85. The number of carbonyl (C=O) groups excluding carboxylic acids is 1. The minimum Gasteiger partial charge on any atom is -0.399 e. The summed E-state index contributed by atoms with van der Waals surface area (Å²) >= 11 is 0. The predicted molar refractivity (Wildman–Crippen MR) is 75.9 cm³/mol. The Hall–Kier alpha value is -1.82. The number of carbonyl (C=O) groups is 1. The second-order valence-corrected chi connectivity index (χ2v) is 5.09. The molecule has 110 valence electrons. The zero-order valence-corrected chi connectivity index (χ0v) is 11.6. The first kappa shape index (κ1) is 14.6. The molecule has 2 rings (SSSR count). The van der Waals surface area contributed by atoms with Gasteiger partial charge in [0, 0.05) is 31.9 Å². The second-order valence-electron chi connectivity index (χ2n) is 5.09. The molecule has 1 aromatic rings. The van der Waals surface area contributed by atoms with Crippen molar-refractivity contribution < 1.29 is 14.3 Å². The normalized spacial score (nSPS) is 16.2. The molecule has 0 saturated carbocycles. The molecule has 0 atom stereocenters. The monoisotopic (exact) mass is 281 g/mol. The fourth-order valence-corrected chi connectivity index (χ4v) is 2.59. The first-order valence-electron chi connectivity index (χ1n) is 6.69. The summed E-state index contributed by atoms with van der Waals surface area (Å²) in [5.74, 6) is -0.592. The zero-order valence-electron chi connectivity index (χ0n) is 11.6. The summed E-state index contributed by atoms with van der Waals surface area (Å²) in [7, 11) is 1.70. The Morgan fingerprint density at radius 2 is 2.15 bits per heavy atom. The van der Waals surface area contributed by atoms with E-state index in [9.17, 15) is 9.18 Å². The van der Waals surface area contributed by atoms with E-state index in [2.05, 4.69) is 0 Å². The lowest BCUT2D eigenvalue weighted by Crippen LogP contribution is -2.46. The third kappa shape index (κ3) is 3.01. The SMILES string of the molecule is CN(C(=O)CO)C1CCN(c2ccc(N)cc2F)CC1. The van der Waals surface area contributed by atoms with E-state index in [0.717, 1.165) is 12.8 Å². The lowest BCUT2D eigenvalue weighted by atomic mass is 10.0. The number of aliphatic hydroxyl groups excluding tert-OH is 1. The van der Waals surface area contributed by atoms with E-state index in [4.69, 9.17) is 10.8 Å². The van der Waals surface area contributed by atoms with Crippen molar-refractivity contribution in [1.29, 1.82) is 0 Å². The van der Waals surface area contributed by atoms with Gasteiger partial charge in [0.05, 0.1) is 5.69 Å². The summed E-state index contributed by atoms with van der Waals surface area (Å²) in [6, 6.07) is 4.80. The summed E-state index contributed by atoms with van der Waals surface area (Å²) in [6.07, 6.45) is 1.51. The van der Waals surface area contributed by atoms with E-state index in [-0.39, 0.29) is 17.8 Å². The van der Waals surface area contributed by atoms with Gasteiger partial charge in [-0.3, -0.25) is 4.79 Å². The van der Waals surface area contributed by atoms with Gasteiger partial charge in [0.25, 0.3) is 0 Å². The smallest absolute Gasteiger partial charge is 0.248 e. The molecule has 1 amide bonds. The average molecular weight is 281 g/mol. The molecular weight excluding hydrogens is 261 g/mol. The van der Waals surface area contributed by atoms with Crippen molar-refractivity contribution in [2.75, 3.05) is 37.4 Å². The molecule has 5 nitrogen and oxygen atoms in total. The number of likely N-dealkylation sites (N-methyl/N-ethyl adjacent to an activating group) is 1. The number of benzene rings is 1. The largest absolute Gasteiger partial charge is 0.399 e. The Morgan fingerprint density at radius 3 is 2.70 bits per heavy atom. The van der Waals surface area contributed by atoms with Gasteiger partial charge in [-0.05, 0) is 31.0 Å². The Morgan fingerprint density at radius 1 is 1.50 bits per heavy atom. The average Bonchev–Trinajstić information content (AvgIpc) is 2.46. The van der Waals surface area contributed by atoms with Crippen LogP contribution >= 0.6 is 0 Å². The van der Waals surface area contributed by atoms with Crippen molar-refractivity contribution >= 4 is 17.3 Å². The number of hydrogen-bond donors (Lipinski definition) is 2. The lowest BCUT2D eigenvalue weighted by Gasteiger charge is -2.37. The van der Waals surface area contributed by atoms with Crippen LogP contribution in [0.3, 0.4) is 0 Å². The van der Waals surface area contributed by atoms with E-state index in [0.29, 0.717) is 24.5 Å². The Balaban J connectivity index is 1.99. The van der Waals surface area contributed by atoms with Gasteiger partial charge in [-0.2, -0.15) is 0 Å². The number of nitrogens with zero attached hydrogens (tertiary/aromatic N) is 2. The molecule has 1 aromatic carbocycles. The van der Waals surface area contributed by atoms with Gasteiger partial charge < -0.3 is 20.6 Å². The van der Waals surface area contributed by atoms with E-state index in [1.165, 1.54) is 6.07 Å². The molecule has 1 fully saturated rings. The van der Waals surface area contributed by atoms with Crippen LogP contribution in [0.1, 0.15) is 12.8 Å². The summed E-state index contributed by atoms with van der Waals surface area (Å²) in [4.78, 5) is 15.0. The quantitative estimate of drug-likeness (QED) is 0.805. The number of aliphatic hydroxyl groups is 1. The van der Waals surface area contributed by atoms with Gasteiger partial charge in [0.1, 0.15) is 12.4 Å². The molecule has 20 heavy (non-hydrogen) atoms. The van der Waals surface area contributed by atoms with Crippen LogP contribution < -0.4 is 10.6 Å². The molecule has 0 unspecified atom stereocenters. The summed E-state index contributed by atoms with van der Waals surface area (Å²) < 4.78 is 13.9. The van der Waals surface area contributed by atoms with E-state index in [1.54, 1.807) is 24.1 Å². The fraction of sp³-hybridized carbons (Fsp3) is 0.500. The molecule has 0 aliphatic carbocycles. The van der Waals surface area contributed by atoms with Crippen LogP contribution in [0.5, 0.6) is 0 Å². The number of piperidine rings is 1. The van der Waals surface area contributed by atoms with Crippen molar-refractivity contribution in [3.8, 4) is 0 Å². The van der Waals surface area contributed by atoms with Crippen LogP contribution in [0.2, 0.25) is 0 Å². The highest BCUT2D eigenvalue weighted by Crippen LogP contribution is 2.26. The van der Waals surface area contributed by atoms with E-state index in [1.807, 2.05) is 4.90 Å². The van der Waals surface area contributed by atoms with Crippen molar-refractivity contribution in [2.24, 2.45) is 0 Å². The molecule has 1 aliphatic rings. The number of nitrogen functional groups attached to an aromatic ring is 1. The Kier molecular flexibility index (Phi) is 4.44. The highest BCUT2D eigenvalue weighted by molar-refractivity contribution is 5.77. The van der Waals surface area contributed by atoms with Crippen molar-refractivity contribution in [1.82, 2.24) is 4.90 Å². The molecule has 6 heteroatoms. The third-order valence-corrected chi connectivity index (χ3v) is 3.85. The molecule has 0 bridgehead atoms. The molecule has 1 heterocycles. The van der Waals surface area contributed by atoms with Gasteiger partial charge in [-0.1, -0.05) is 0 Å². The first-order valence-corrected chi connectivity index (χ1v) is 6.69. The van der Waals surface area contributed by atoms with Crippen LogP contribution in [0.4, 0.5) is 15.8 Å². The maximum Gasteiger partial charge on any atom is 0.248 e. The minimum absolute atomic E-state index is 0.0998. The maximum atomic E-state index is 13.9. The van der Waals surface area contributed by atoms with Crippen LogP contribution in [-0.2, 0) is 4.79 Å². The maximum absolute atomic E-state index is 13.9. The number of halogens is 1. The topological polar surface area (TPSA) is 69.8 Å². The highest BCUT2D eigenvalue weighted by atomic mass is 19.1. The summed E-state index contributed by atoms with van der Waals surface area (Å²) in [5.41, 5.74) is 6.50. The van der Waals surface area contributed by atoms with Gasteiger partial charge in [-0.15, -0.1) is 0 Å². The number of anilines is 2. The Bertz CT molecular complexity index is 487. The van der Waals surface area contributed by atoms with Crippen LogP contribution in [0.25, 0.3) is 0 Å². The zero-order chi connectivity index (χ0) is 14.7. The van der Waals surface area contributed by atoms with Crippen LogP contribution in [0.15, 0.2) is 18.2 Å². The second kappa shape index (κ2) is 6.09. The Labute approximate surface area is 117 Å². The standard InChI is InChI=1S/C14H20FN3O2/c1-17(14(20)9-19)11-4-6-18(7-5-11)13-3-2-10(16)8-12(13)15/h2-3,8,11,19H,4-7,9,16H2,1H3. The van der Waals surface area contributed by atoms with E-state index >= 15 is 0 Å². The molecule has 1 aliphatic heterocycles. The fourth-order valence-electron chi connectivity index (χ4n) is 2.59. The van der Waals surface area contributed by atoms with Crippen LogP contribution in [-0.4, -0.2) is 48.7 Å². The van der Waals surface area contributed by atoms with Crippen molar-refractivity contribution in [2.45, 2.75) is 18.9 Å². The highest BCUT2D eigenvalue weighted by Gasteiger charge is 2.26. The predicted octanol–water partition coefficient (Wildman–Crippen LogP) is 0.827. The van der Waals surface area contributed by atoms with Gasteiger partial charge in [0.2, 0.25) is 5.91 Å². The number of amides is 1. The van der Waals surface area contributed by atoms with Crippen LogP contribution in [0, 0.1) is 5.82 Å². The molecule has 0 radical (unpaired) electrons.